The number of hydrogen-bond donors (Lipinski definition) is 0. The fraction of sp³-hybridized carbons (Fsp3) is 0.182. The molecular weight excluding hydrogens is 208 g/mol. The molecule has 0 aliphatic carbocycles. The lowest BCUT2D eigenvalue weighted by molar-refractivity contribution is 0.101. The lowest BCUT2D eigenvalue weighted by Crippen LogP contribution is -1.92. The van der Waals surface area contributed by atoms with Crippen LogP contribution in [0.5, 0.6) is 0 Å². The van der Waals surface area contributed by atoms with E-state index in [0.717, 1.165) is 16.1 Å². The van der Waals surface area contributed by atoms with Crippen molar-refractivity contribution in [1.29, 1.82) is 0 Å². The molecule has 0 saturated heterocycles. The van der Waals surface area contributed by atoms with Crippen LogP contribution in [0, 0.1) is 6.92 Å². The number of carbonyl (C=O) groups is 1. The number of pyridine rings is 1. The molecule has 0 radical (unpaired) electrons. The van der Waals surface area contributed by atoms with Crippen LogP contribution < -0.4 is 0 Å². The molecule has 0 aromatic carbocycles. The largest absolute Gasteiger partial charge is 0.293 e. The molecule has 2 aromatic rings. The van der Waals surface area contributed by atoms with Crippen LogP contribution in [-0.2, 0) is 0 Å². The van der Waals surface area contributed by atoms with Crippen molar-refractivity contribution in [2.45, 2.75) is 13.8 Å². The Hall–Kier alpha value is -1.55. The number of ketones is 1. The second-order valence-electron chi connectivity index (χ2n) is 3.28. The van der Waals surface area contributed by atoms with Gasteiger partial charge in [0.25, 0.3) is 0 Å². The summed E-state index contributed by atoms with van der Waals surface area (Å²) in [6.07, 6.45) is 3.52. The Balaban J connectivity index is 2.46. The summed E-state index contributed by atoms with van der Waals surface area (Å²) in [5.41, 5.74) is 2.64. The molecule has 0 amide bonds. The number of rotatable bonds is 2. The quantitative estimate of drug-likeness (QED) is 0.728. The molecule has 15 heavy (non-hydrogen) atoms. The predicted molar refractivity (Wildman–Crippen MR) is 60.1 cm³/mol. The summed E-state index contributed by atoms with van der Waals surface area (Å²) in [6.45, 7) is 3.53. The highest BCUT2D eigenvalue weighted by molar-refractivity contribution is 7.13. The van der Waals surface area contributed by atoms with Crippen LogP contribution in [0.4, 0.5) is 0 Å². The van der Waals surface area contributed by atoms with Gasteiger partial charge in [-0.25, -0.2) is 4.98 Å². The molecule has 0 unspecified atom stereocenters. The first-order chi connectivity index (χ1) is 7.18. The average Bonchev–Trinajstić information content (AvgIpc) is 2.67. The van der Waals surface area contributed by atoms with Crippen LogP contribution in [0.2, 0.25) is 0 Å². The lowest BCUT2D eigenvalue weighted by atomic mass is 10.2. The fourth-order valence-corrected chi connectivity index (χ4v) is 2.18. The van der Waals surface area contributed by atoms with E-state index in [0.29, 0.717) is 5.69 Å². The Morgan fingerprint density at radius 2 is 2.27 bits per heavy atom. The summed E-state index contributed by atoms with van der Waals surface area (Å²) < 4.78 is 0. The van der Waals surface area contributed by atoms with Crippen LogP contribution in [0.1, 0.15) is 23.0 Å². The van der Waals surface area contributed by atoms with Gasteiger partial charge in [0.15, 0.2) is 5.78 Å². The third kappa shape index (κ3) is 1.94. The lowest BCUT2D eigenvalue weighted by Gasteiger charge is -1.99. The van der Waals surface area contributed by atoms with Crippen LogP contribution in [0.25, 0.3) is 10.6 Å². The Labute approximate surface area is 91.8 Å². The van der Waals surface area contributed by atoms with Crippen molar-refractivity contribution in [1.82, 2.24) is 9.97 Å². The van der Waals surface area contributed by atoms with E-state index in [1.165, 1.54) is 18.3 Å². The van der Waals surface area contributed by atoms with E-state index in [9.17, 15) is 4.79 Å². The fourth-order valence-electron chi connectivity index (χ4n) is 1.25. The third-order valence-corrected chi connectivity index (χ3v) is 3.01. The van der Waals surface area contributed by atoms with Crippen molar-refractivity contribution in [3.63, 3.8) is 0 Å². The molecule has 0 N–H and O–H groups in total. The summed E-state index contributed by atoms with van der Waals surface area (Å²) in [5, 5.41) is 2.63. The van der Waals surface area contributed by atoms with Gasteiger partial charge in [0.1, 0.15) is 10.7 Å². The number of thiazole rings is 1. The van der Waals surface area contributed by atoms with Crippen molar-refractivity contribution in [3.05, 3.63) is 35.1 Å². The Morgan fingerprint density at radius 3 is 2.87 bits per heavy atom. The average molecular weight is 218 g/mol. The SMILES string of the molecule is CC(=O)c1csc(-c2cnccc2C)n1. The number of carbonyl (C=O) groups excluding carboxylic acids is 1. The first kappa shape index (κ1) is 9.98. The number of aryl methyl sites for hydroxylation is 1. The molecule has 2 rings (SSSR count). The number of Topliss-reactive ketones (excluding diaryl/α,β-unsaturated/α-hetero) is 1. The van der Waals surface area contributed by atoms with Crippen molar-refractivity contribution in [2.75, 3.05) is 0 Å². The molecule has 2 heterocycles. The predicted octanol–water partition coefficient (Wildman–Crippen LogP) is 2.72. The molecule has 0 spiro atoms. The van der Waals surface area contributed by atoms with Gasteiger partial charge in [-0.05, 0) is 18.6 Å². The smallest absolute Gasteiger partial charge is 0.178 e. The highest BCUT2D eigenvalue weighted by Gasteiger charge is 2.09. The second kappa shape index (κ2) is 3.90. The maximum atomic E-state index is 11.1. The topological polar surface area (TPSA) is 42.9 Å². The summed E-state index contributed by atoms with van der Waals surface area (Å²) in [6, 6.07) is 1.93. The first-order valence-corrected chi connectivity index (χ1v) is 5.44. The van der Waals surface area contributed by atoms with E-state index in [1.807, 2.05) is 13.0 Å². The Bertz CT molecular complexity index is 505. The van der Waals surface area contributed by atoms with E-state index >= 15 is 0 Å². The zero-order valence-electron chi connectivity index (χ0n) is 8.52. The molecular formula is C11H10N2OS. The van der Waals surface area contributed by atoms with Gasteiger partial charge in [-0.2, -0.15) is 0 Å². The highest BCUT2D eigenvalue weighted by atomic mass is 32.1. The van der Waals surface area contributed by atoms with Crippen molar-refractivity contribution < 1.29 is 4.79 Å². The normalized spacial score (nSPS) is 10.3. The minimum Gasteiger partial charge on any atom is -0.293 e. The minimum atomic E-state index is -0.000886. The summed E-state index contributed by atoms with van der Waals surface area (Å²) in [4.78, 5) is 19.4. The highest BCUT2D eigenvalue weighted by Crippen LogP contribution is 2.25. The standard InChI is InChI=1S/C11H10N2OS/c1-7-3-4-12-5-9(7)11-13-10(6-15-11)8(2)14/h3-6H,1-2H3. The van der Waals surface area contributed by atoms with Crippen molar-refractivity contribution >= 4 is 17.1 Å². The van der Waals surface area contributed by atoms with Gasteiger partial charge in [-0.15, -0.1) is 11.3 Å². The molecule has 0 fully saturated rings. The summed E-state index contributed by atoms with van der Waals surface area (Å²) in [7, 11) is 0. The molecule has 0 bridgehead atoms. The molecule has 76 valence electrons. The first-order valence-electron chi connectivity index (χ1n) is 4.56. The number of nitrogens with zero attached hydrogens (tertiary/aromatic N) is 2. The Kier molecular flexibility index (Phi) is 2.60. The van der Waals surface area contributed by atoms with Gasteiger partial charge in [0, 0.05) is 30.3 Å². The minimum absolute atomic E-state index is 0.000886. The molecule has 0 aliphatic heterocycles. The van der Waals surface area contributed by atoms with Gasteiger partial charge in [-0.1, -0.05) is 0 Å². The van der Waals surface area contributed by atoms with Crippen molar-refractivity contribution in [3.8, 4) is 10.6 Å². The molecule has 0 atom stereocenters. The van der Waals surface area contributed by atoms with Gasteiger partial charge in [0.05, 0.1) is 0 Å². The van der Waals surface area contributed by atoms with Crippen LogP contribution in [0.3, 0.4) is 0 Å². The molecule has 3 nitrogen and oxygen atoms in total. The van der Waals surface area contributed by atoms with E-state index in [1.54, 1.807) is 17.8 Å². The molecule has 2 aromatic heterocycles. The van der Waals surface area contributed by atoms with E-state index < -0.39 is 0 Å². The van der Waals surface area contributed by atoms with E-state index in [-0.39, 0.29) is 5.78 Å². The van der Waals surface area contributed by atoms with Gasteiger partial charge >= 0.3 is 0 Å². The monoisotopic (exact) mass is 218 g/mol. The number of aromatic nitrogens is 2. The summed E-state index contributed by atoms with van der Waals surface area (Å²) >= 11 is 1.47. The second-order valence-corrected chi connectivity index (χ2v) is 4.14. The van der Waals surface area contributed by atoms with Crippen LogP contribution in [-0.4, -0.2) is 15.8 Å². The molecule has 0 saturated carbocycles. The van der Waals surface area contributed by atoms with Crippen molar-refractivity contribution in [2.24, 2.45) is 0 Å². The zero-order valence-corrected chi connectivity index (χ0v) is 9.34. The van der Waals surface area contributed by atoms with E-state index in [4.69, 9.17) is 0 Å². The van der Waals surface area contributed by atoms with Gasteiger partial charge in [-0.3, -0.25) is 9.78 Å². The van der Waals surface area contributed by atoms with E-state index in [2.05, 4.69) is 9.97 Å². The van der Waals surface area contributed by atoms with Gasteiger partial charge in [0.2, 0.25) is 0 Å². The van der Waals surface area contributed by atoms with Crippen LogP contribution >= 0.6 is 11.3 Å². The maximum absolute atomic E-state index is 11.1. The molecule has 0 aliphatic rings. The maximum Gasteiger partial charge on any atom is 0.178 e. The summed E-state index contributed by atoms with van der Waals surface area (Å²) in [5.74, 6) is -0.000886. The molecule has 4 heteroatoms. The third-order valence-electron chi connectivity index (χ3n) is 2.13. The van der Waals surface area contributed by atoms with Crippen LogP contribution in [0.15, 0.2) is 23.8 Å². The zero-order chi connectivity index (χ0) is 10.8. The number of hydrogen-bond acceptors (Lipinski definition) is 4. The van der Waals surface area contributed by atoms with Gasteiger partial charge < -0.3 is 0 Å². The Morgan fingerprint density at radius 1 is 1.47 bits per heavy atom.